The van der Waals surface area contributed by atoms with Gasteiger partial charge in [0.2, 0.25) is 0 Å². The molecule has 2 aliphatic rings. The van der Waals surface area contributed by atoms with Crippen LogP contribution in [0, 0.1) is 0 Å². The summed E-state index contributed by atoms with van der Waals surface area (Å²) in [7, 11) is 0. The Kier molecular flexibility index (Phi) is 2.25. The zero-order valence-corrected chi connectivity index (χ0v) is 10.5. The molecule has 5 heteroatoms. The van der Waals surface area contributed by atoms with Gasteiger partial charge in [-0.2, -0.15) is 0 Å². The molecule has 0 radical (unpaired) electrons. The van der Waals surface area contributed by atoms with Crippen molar-refractivity contribution in [2.75, 3.05) is 18.0 Å². The third kappa shape index (κ3) is 1.43. The molecule has 0 bridgehead atoms. The predicted molar refractivity (Wildman–Crippen MR) is 69.7 cm³/mol. The van der Waals surface area contributed by atoms with Crippen molar-refractivity contribution >= 4 is 17.0 Å². The lowest BCUT2D eigenvalue weighted by molar-refractivity contribution is 0.530. The van der Waals surface area contributed by atoms with Crippen molar-refractivity contribution in [2.24, 2.45) is 0 Å². The van der Waals surface area contributed by atoms with E-state index in [-0.39, 0.29) is 0 Å². The number of aromatic nitrogens is 4. The number of rotatable bonds is 1. The maximum atomic E-state index is 4.79. The van der Waals surface area contributed by atoms with E-state index in [4.69, 9.17) is 4.98 Å². The van der Waals surface area contributed by atoms with E-state index in [2.05, 4.69) is 19.4 Å². The number of hydrogen-bond acceptors (Lipinski definition) is 4. The zero-order valence-electron chi connectivity index (χ0n) is 10.5. The van der Waals surface area contributed by atoms with Crippen LogP contribution in [0.4, 0.5) is 5.82 Å². The standard InChI is InChI=1S/C13H17N5/c1-2-8-18-10(5-1)16-11-12(14-9-15-13(11)18)17-6-3-4-7-17/h9H,1-8H2. The summed E-state index contributed by atoms with van der Waals surface area (Å²) in [5.41, 5.74) is 2.04. The van der Waals surface area contributed by atoms with Gasteiger partial charge in [-0.15, -0.1) is 0 Å². The Balaban J connectivity index is 1.90. The SMILES string of the molecule is c1nc(N2CCCC2)c2nc3n(c2n1)CCCC3. The molecule has 0 unspecified atom stereocenters. The third-order valence-corrected chi connectivity index (χ3v) is 4.03. The maximum absolute atomic E-state index is 4.79. The summed E-state index contributed by atoms with van der Waals surface area (Å²) in [6, 6.07) is 0. The fourth-order valence-electron chi connectivity index (χ4n) is 3.11. The molecular weight excluding hydrogens is 226 g/mol. The summed E-state index contributed by atoms with van der Waals surface area (Å²) < 4.78 is 2.28. The van der Waals surface area contributed by atoms with Crippen molar-refractivity contribution in [3.8, 4) is 0 Å². The molecule has 2 aromatic rings. The zero-order chi connectivity index (χ0) is 11.9. The van der Waals surface area contributed by atoms with Crippen molar-refractivity contribution in [2.45, 2.75) is 38.6 Å². The van der Waals surface area contributed by atoms with Crippen LogP contribution in [0.2, 0.25) is 0 Å². The van der Waals surface area contributed by atoms with Crippen molar-refractivity contribution in [3.63, 3.8) is 0 Å². The van der Waals surface area contributed by atoms with Gasteiger partial charge in [0, 0.05) is 26.1 Å². The molecule has 0 N–H and O–H groups in total. The van der Waals surface area contributed by atoms with Gasteiger partial charge in [0.25, 0.3) is 0 Å². The molecule has 0 saturated carbocycles. The predicted octanol–water partition coefficient (Wildman–Crippen LogP) is 1.76. The molecule has 0 spiro atoms. The van der Waals surface area contributed by atoms with Crippen LogP contribution in [0.1, 0.15) is 31.5 Å². The van der Waals surface area contributed by atoms with Crippen LogP contribution in [0.3, 0.4) is 0 Å². The number of aryl methyl sites for hydroxylation is 2. The van der Waals surface area contributed by atoms with Crippen molar-refractivity contribution in [3.05, 3.63) is 12.2 Å². The molecule has 4 rings (SSSR count). The lowest BCUT2D eigenvalue weighted by atomic mass is 10.2. The fraction of sp³-hybridized carbons (Fsp3) is 0.615. The second kappa shape index (κ2) is 3.93. The van der Waals surface area contributed by atoms with Gasteiger partial charge < -0.3 is 9.47 Å². The minimum atomic E-state index is 1.01. The van der Waals surface area contributed by atoms with Crippen molar-refractivity contribution in [1.29, 1.82) is 0 Å². The van der Waals surface area contributed by atoms with E-state index < -0.39 is 0 Å². The number of nitrogens with zero attached hydrogens (tertiary/aromatic N) is 5. The number of imidazole rings is 1. The highest BCUT2D eigenvalue weighted by atomic mass is 15.2. The Morgan fingerprint density at radius 2 is 1.78 bits per heavy atom. The highest BCUT2D eigenvalue weighted by molar-refractivity contribution is 5.84. The Hall–Kier alpha value is -1.65. The van der Waals surface area contributed by atoms with Gasteiger partial charge in [0.1, 0.15) is 12.2 Å². The quantitative estimate of drug-likeness (QED) is 0.765. The van der Waals surface area contributed by atoms with Gasteiger partial charge in [-0.05, 0) is 25.7 Å². The molecule has 0 atom stereocenters. The molecule has 18 heavy (non-hydrogen) atoms. The topological polar surface area (TPSA) is 46.8 Å². The van der Waals surface area contributed by atoms with Gasteiger partial charge in [-0.3, -0.25) is 0 Å². The molecule has 0 amide bonds. The second-order valence-electron chi connectivity index (χ2n) is 5.20. The van der Waals surface area contributed by atoms with E-state index in [0.29, 0.717) is 0 Å². The minimum Gasteiger partial charge on any atom is -0.355 e. The average molecular weight is 243 g/mol. The summed E-state index contributed by atoms with van der Waals surface area (Å²) in [5.74, 6) is 2.23. The second-order valence-corrected chi connectivity index (χ2v) is 5.20. The Morgan fingerprint density at radius 3 is 2.67 bits per heavy atom. The third-order valence-electron chi connectivity index (χ3n) is 4.03. The van der Waals surface area contributed by atoms with Gasteiger partial charge >= 0.3 is 0 Å². The minimum absolute atomic E-state index is 1.01. The van der Waals surface area contributed by atoms with Crippen LogP contribution in [0.5, 0.6) is 0 Å². The summed E-state index contributed by atoms with van der Waals surface area (Å²) in [6.07, 6.45) is 7.78. The first kappa shape index (κ1) is 10.3. The molecular formula is C13H17N5. The lowest BCUT2D eigenvalue weighted by Gasteiger charge is -2.16. The summed E-state index contributed by atoms with van der Waals surface area (Å²) in [5, 5.41) is 0. The normalized spacial score (nSPS) is 19.4. The molecule has 0 aromatic carbocycles. The van der Waals surface area contributed by atoms with Crippen molar-refractivity contribution in [1.82, 2.24) is 19.5 Å². The average Bonchev–Trinajstić information content (AvgIpc) is 3.05. The van der Waals surface area contributed by atoms with E-state index in [1.54, 1.807) is 6.33 Å². The van der Waals surface area contributed by atoms with E-state index in [1.807, 2.05) is 0 Å². The first-order valence-electron chi connectivity index (χ1n) is 6.88. The highest BCUT2D eigenvalue weighted by Crippen LogP contribution is 2.28. The number of fused-ring (bicyclic) bond motifs is 3. The van der Waals surface area contributed by atoms with Crippen LogP contribution in [-0.4, -0.2) is 32.6 Å². The molecule has 0 aliphatic carbocycles. The van der Waals surface area contributed by atoms with E-state index in [9.17, 15) is 0 Å². The Morgan fingerprint density at radius 1 is 0.944 bits per heavy atom. The van der Waals surface area contributed by atoms with Crippen LogP contribution in [0.15, 0.2) is 6.33 Å². The van der Waals surface area contributed by atoms with E-state index >= 15 is 0 Å². The van der Waals surface area contributed by atoms with Gasteiger partial charge in [0.05, 0.1) is 0 Å². The highest BCUT2D eigenvalue weighted by Gasteiger charge is 2.22. The first-order valence-corrected chi connectivity index (χ1v) is 6.88. The molecule has 1 fully saturated rings. The van der Waals surface area contributed by atoms with Crippen LogP contribution in [0.25, 0.3) is 11.2 Å². The molecule has 5 nitrogen and oxygen atoms in total. The summed E-state index contributed by atoms with van der Waals surface area (Å²) in [4.78, 5) is 16.1. The largest absolute Gasteiger partial charge is 0.355 e. The molecule has 1 saturated heterocycles. The number of anilines is 1. The van der Waals surface area contributed by atoms with Crippen LogP contribution < -0.4 is 4.90 Å². The number of hydrogen-bond donors (Lipinski definition) is 0. The summed E-state index contributed by atoms with van der Waals surface area (Å²) in [6.45, 7) is 3.27. The van der Waals surface area contributed by atoms with E-state index in [0.717, 1.165) is 43.0 Å². The van der Waals surface area contributed by atoms with Crippen LogP contribution in [-0.2, 0) is 13.0 Å². The van der Waals surface area contributed by atoms with Gasteiger partial charge in [-0.1, -0.05) is 0 Å². The lowest BCUT2D eigenvalue weighted by Crippen LogP contribution is -2.19. The molecule has 4 heterocycles. The monoisotopic (exact) mass is 243 g/mol. The molecule has 2 aromatic heterocycles. The smallest absolute Gasteiger partial charge is 0.165 e. The first-order chi connectivity index (χ1) is 8.93. The molecule has 94 valence electrons. The van der Waals surface area contributed by atoms with Crippen molar-refractivity contribution < 1.29 is 0 Å². The van der Waals surface area contributed by atoms with E-state index in [1.165, 1.54) is 31.5 Å². The Bertz CT molecular complexity index is 582. The van der Waals surface area contributed by atoms with Gasteiger partial charge in [0.15, 0.2) is 17.0 Å². The molecule has 2 aliphatic heterocycles. The summed E-state index contributed by atoms with van der Waals surface area (Å²) >= 11 is 0. The maximum Gasteiger partial charge on any atom is 0.165 e. The Labute approximate surface area is 106 Å². The van der Waals surface area contributed by atoms with Gasteiger partial charge in [-0.25, -0.2) is 15.0 Å². The fourth-order valence-corrected chi connectivity index (χ4v) is 3.11. The van der Waals surface area contributed by atoms with Crippen LogP contribution >= 0.6 is 0 Å².